The Morgan fingerprint density at radius 1 is 1.11 bits per heavy atom. The van der Waals surface area contributed by atoms with Gasteiger partial charge in [0.15, 0.2) is 12.2 Å². The van der Waals surface area contributed by atoms with E-state index in [2.05, 4.69) is 0 Å². The maximum atomic E-state index is 12.7. The highest BCUT2D eigenvalue weighted by molar-refractivity contribution is 5.95. The quantitative estimate of drug-likeness (QED) is 0.745. The fourth-order valence-corrected chi connectivity index (χ4v) is 3.92. The van der Waals surface area contributed by atoms with E-state index in [1.54, 1.807) is 23.1 Å². The van der Waals surface area contributed by atoms with E-state index >= 15 is 0 Å². The minimum atomic E-state index is -0.735. The molecular formula is C22H23NO5. The Hall–Kier alpha value is -3.02. The van der Waals surface area contributed by atoms with Gasteiger partial charge < -0.3 is 19.1 Å². The molecule has 2 aromatic rings. The summed E-state index contributed by atoms with van der Waals surface area (Å²) in [7, 11) is 0. The van der Waals surface area contributed by atoms with Gasteiger partial charge in [0, 0.05) is 12.1 Å². The molecule has 1 amide bonds. The van der Waals surface area contributed by atoms with Gasteiger partial charge in [-0.2, -0.15) is 0 Å². The smallest absolute Gasteiger partial charge is 0.339 e. The summed E-state index contributed by atoms with van der Waals surface area (Å²) >= 11 is 0. The number of fused-ring (bicyclic) bond motifs is 2. The molecule has 1 saturated heterocycles. The fourth-order valence-electron chi connectivity index (χ4n) is 3.92. The summed E-state index contributed by atoms with van der Waals surface area (Å²) in [5.41, 5.74) is 0.744. The summed E-state index contributed by atoms with van der Waals surface area (Å²) in [5.74, 6) is 0.950. The van der Waals surface area contributed by atoms with Crippen molar-refractivity contribution in [2.24, 2.45) is 0 Å². The molecule has 0 bridgehead atoms. The second-order valence-corrected chi connectivity index (χ2v) is 7.04. The zero-order chi connectivity index (χ0) is 19.6. The first-order valence-electron chi connectivity index (χ1n) is 9.57. The van der Waals surface area contributed by atoms with Gasteiger partial charge in [0.25, 0.3) is 5.91 Å². The van der Waals surface area contributed by atoms with Crippen LogP contribution in [0.3, 0.4) is 0 Å². The lowest BCUT2D eigenvalue weighted by Crippen LogP contribution is -2.50. The number of piperidine rings is 1. The molecule has 1 fully saturated rings. The Labute approximate surface area is 164 Å². The van der Waals surface area contributed by atoms with Crippen molar-refractivity contribution in [1.82, 2.24) is 4.90 Å². The van der Waals surface area contributed by atoms with Crippen LogP contribution in [-0.2, 0) is 15.1 Å². The van der Waals surface area contributed by atoms with Gasteiger partial charge in [0.2, 0.25) is 0 Å². The number of nitrogens with zero attached hydrogens (tertiary/aromatic N) is 1. The van der Waals surface area contributed by atoms with E-state index in [0.29, 0.717) is 31.0 Å². The lowest BCUT2D eigenvalue weighted by molar-refractivity contribution is -0.140. The molecule has 146 valence electrons. The maximum absolute atomic E-state index is 12.7. The van der Waals surface area contributed by atoms with Gasteiger partial charge >= 0.3 is 5.97 Å². The number of rotatable bonds is 5. The van der Waals surface area contributed by atoms with E-state index < -0.39 is 5.60 Å². The normalized spacial score (nSPS) is 20.6. The van der Waals surface area contributed by atoms with Crippen molar-refractivity contribution in [3.63, 3.8) is 0 Å². The topological polar surface area (TPSA) is 65.1 Å². The summed E-state index contributed by atoms with van der Waals surface area (Å²) in [5, 5.41) is 0. The first-order valence-corrected chi connectivity index (χ1v) is 9.57. The largest absolute Gasteiger partial charge is 0.494 e. The number of hydrogen-bond donors (Lipinski definition) is 0. The van der Waals surface area contributed by atoms with Crippen LogP contribution in [-0.4, -0.2) is 43.1 Å². The van der Waals surface area contributed by atoms with Gasteiger partial charge in [-0.1, -0.05) is 18.2 Å². The summed E-state index contributed by atoms with van der Waals surface area (Å²) in [6.45, 7) is 3.46. The lowest BCUT2D eigenvalue weighted by atomic mass is 9.85. The molecule has 1 spiro atoms. The zero-order valence-corrected chi connectivity index (χ0v) is 15.8. The van der Waals surface area contributed by atoms with E-state index in [1.165, 1.54) is 0 Å². The van der Waals surface area contributed by atoms with Crippen molar-refractivity contribution < 1.29 is 23.8 Å². The molecule has 0 radical (unpaired) electrons. The van der Waals surface area contributed by atoms with E-state index in [0.717, 1.165) is 24.2 Å². The van der Waals surface area contributed by atoms with Crippen molar-refractivity contribution in [3.05, 3.63) is 59.7 Å². The minimum Gasteiger partial charge on any atom is -0.494 e. The Bertz CT molecular complexity index is 879. The highest BCUT2D eigenvalue weighted by Gasteiger charge is 2.48. The van der Waals surface area contributed by atoms with Crippen molar-refractivity contribution in [2.75, 3.05) is 26.3 Å². The van der Waals surface area contributed by atoms with Crippen LogP contribution in [0.5, 0.6) is 11.5 Å². The van der Waals surface area contributed by atoms with Gasteiger partial charge in [-0.3, -0.25) is 4.79 Å². The van der Waals surface area contributed by atoms with Crippen molar-refractivity contribution >= 4 is 11.9 Å². The number of esters is 1. The third-order valence-corrected chi connectivity index (χ3v) is 5.23. The van der Waals surface area contributed by atoms with Crippen molar-refractivity contribution in [1.29, 1.82) is 0 Å². The monoisotopic (exact) mass is 381 g/mol. The molecule has 0 saturated carbocycles. The van der Waals surface area contributed by atoms with Crippen LogP contribution >= 0.6 is 0 Å². The van der Waals surface area contributed by atoms with Crippen LogP contribution < -0.4 is 9.47 Å². The summed E-state index contributed by atoms with van der Waals surface area (Å²) < 4.78 is 16.8. The molecular weight excluding hydrogens is 358 g/mol. The standard InChI is InChI=1S/C22H23NO5/c1-2-26-16-8-10-17(11-9-16)27-14-20(24)23-13-5-12-22(15-23)19-7-4-3-6-18(19)21(25)28-22/h3-4,6-11H,2,5,12-15H2,1H3. The summed E-state index contributed by atoms with van der Waals surface area (Å²) in [4.78, 5) is 26.7. The third kappa shape index (κ3) is 3.42. The highest BCUT2D eigenvalue weighted by Crippen LogP contribution is 2.42. The first kappa shape index (κ1) is 18.3. The highest BCUT2D eigenvalue weighted by atomic mass is 16.6. The zero-order valence-electron chi connectivity index (χ0n) is 15.8. The van der Waals surface area contributed by atoms with E-state index in [1.807, 2.05) is 37.3 Å². The molecule has 6 heteroatoms. The predicted octanol–water partition coefficient (Wildman–Crippen LogP) is 3.15. The van der Waals surface area contributed by atoms with E-state index in [-0.39, 0.29) is 18.5 Å². The van der Waals surface area contributed by atoms with Gasteiger partial charge in [0.1, 0.15) is 11.5 Å². The molecule has 2 aliphatic heterocycles. The van der Waals surface area contributed by atoms with E-state index in [9.17, 15) is 9.59 Å². The van der Waals surface area contributed by atoms with Crippen molar-refractivity contribution in [3.8, 4) is 11.5 Å². The number of likely N-dealkylation sites (tertiary alicyclic amines) is 1. The lowest BCUT2D eigenvalue weighted by Gasteiger charge is -2.39. The summed E-state index contributed by atoms with van der Waals surface area (Å²) in [6, 6.07) is 14.6. The van der Waals surface area contributed by atoms with Crippen LogP contribution in [0.2, 0.25) is 0 Å². The number of benzene rings is 2. The number of amides is 1. The Balaban J connectivity index is 1.41. The van der Waals surface area contributed by atoms with Crippen LogP contribution in [0.15, 0.2) is 48.5 Å². The third-order valence-electron chi connectivity index (χ3n) is 5.23. The number of carbonyl (C=O) groups excluding carboxylic acids is 2. The molecule has 4 rings (SSSR count). The Kier molecular flexibility index (Phi) is 4.94. The number of hydrogen-bond acceptors (Lipinski definition) is 5. The molecule has 0 aromatic heterocycles. The second kappa shape index (κ2) is 7.54. The predicted molar refractivity (Wildman–Crippen MR) is 102 cm³/mol. The van der Waals surface area contributed by atoms with Gasteiger partial charge in [0.05, 0.1) is 18.7 Å². The van der Waals surface area contributed by atoms with Crippen LogP contribution in [0.25, 0.3) is 0 Å². The molecule has 0 N–H and O–H groups in total. The van der Waals surface area contributed by atoms with E-state index in [4.69, 9.17) is 14.2 Å². The van der Waals surface area contributed by atoms with Crippen LogP contribution in [0.1, 0.15) is 35.7 Å². The van der Waals surface area contributed by atoms with Gasteiger partial charge in [-0.15, -0.1) is 0 Å². The second-order valence-electron chi connectivity index (χ2n) is 7.04. The molecule has 2 aliphatic rings. The van der Waals surface area contributed by atoms with Gasteiger partial charge in [-0.25, -0.2) is 4.79 Å². The fraction of sp³-hybridized carbons (Fsp3) is 0.364. The SMILES string of the molecule is CCOc1ccc(OCC(=O)N2CCCC3(C2)OC(=O)c2ccccc23)cc1. The van der Waals surface area contributed by atoms with Crippen LogP contribution in [0.4, 0.5) is 0 Å². The molecule has 28 heavy (non-hydrogen) atoms. The minimum absolute atomic E-state index is 0.0559. The Morgan fingerprint density at radius 3 is 2.57 bits per heavy atom. The van der Waals surface area contributed by atoms with Gasteiger partial charge in [-0.05, 0) is 50.1 Å². The maximum Gasteiger partial charge on any atom is 0.339 e. The molecule has 6 nitrogen and oxygen atoms in total. The molecule has 2 heterocycles. The molecule has 1 atom stereocenters. The average molecular weight is 381 g/mol. The van der Waals surface area contributed by atoms with Crippen molar-refractivity contribution in [2.45, 2.75) is 25.4 Å². The Morgan fingerprint density at radius 2 is 1.82 bits per heavy atom. The number of carbonyl (C=O) groups is 2. The number of ether oxygens (including phenoxy) is 3. The molecule has 1 unspecified atom stereocenters. The molecule has 0 aliphatic carbocycles. The van der Waals surface area contributed by atoms with Crippen LogP contribution in [0, 0.1) is 0 Å². The first-order chi connectivity index (χ1) is 13.6. The molecule has 2 aromatic carbocycles. The average Bonchev–Trinajstić information content (AvgIpc) is 2.99. The summed E-state index contributed by atoms with van der Waals surface area (Å²) in [6.07, 6.45) is 1.50.